The van der Waals surface area contributed by atoms with Gasteiger partial charge in [0, 0.05) is 32.4 Å². The summed E-state index contributed by atoms with van der Waals surface area (Å²) in [7, 11) is -0.890. The summed E-state index contributed by atoms with van der Waals surface area (Å²) in [6, 6.07) is 30.1. The number of carbonyl (C=O) groups is 10. The van der Waals surface area contributed by atoms with Crippen LogP contribution >= 0.6 is 0 Å². The summed E-state index contributed by atoms with van der Waals surface area (Å²) < 4.78 is 41.5. The molecule has 112 heavy (non-hydrogen) atoms. The van der Waals surface area contributed by atoms with Crippen LogP contribution in [0.2, 0.25) is 0 Å². The molecule has 25 nitrogen and oxygen atoms in total. The summed E-state index contributed by atoms with van der Waals surface area (Å²) in [6.07, 6.45) is 8.27. The van der Waals surface area contributed by atoms with Gasteiger partial charge in [-0.2, -0.15) is 0 Å². The Morgan fingerprint density at radius 1 is 0.536 bits per heavy atom. The maximum Gasteiger partial charge on any atom is 0.307 e. The minimum atomic E-state index is -4.14. The number of hydrogen-bond donors (Lipinski definition) is 9. The number of likely N-dealkylation sites (N-methyl/N-ethyl adjacent to an activating group) is 2. The lowest BCUT2D eigenvalue weighted by molar-refractivity contribution is -0.145. The molecular weight excluding hydrogens is 1450 g/mol. The fraction of sp³-hybridized carbons (Fsp3) is 0.465. The Labute approximate surface area is 656 Å². The van der Waals surface area contributed by atoms with E-state index in [-0.39, 0.29) is 76.7 Å². The first-order valence-corrected chi connectivity index (χ1v) is 40.3. The summed E-state index contributed by atoms with van der Waals surface area (Å²) in [5.41, 5.74) is 0.761. The molecule has 0 spiro atoms. The Kier molecular flexibility index (Phi) is 28.1. The van der Waals surface area contributed by atoms with Gasteiger partial charge < -0.3 is 61.6 Å². The van der Waals surface area contributed by atoms with Crippen LogP contribution in [0.15, 0.2) is 158 Å². The van der Waals surface area contributed by atoms with E-state index in [1.165, 1.54) is 9.80 Å². The zero-order chi connectivity index (χ0) is 80.8. The molecule has 7 aliphatic rings. The van der Waals surface area contributed by atoms with E-state index in [1.54, 1.807) is 88.6 Å². The number of nitrogens with zero attached hydrogens (tertiary/aromatic N) is 2. The monoisotopic (exact) mass is 1550 g/mol. The van der Waals surface area contributed by atoms with Crippen molar-refractivity contribution in [1.82, 2.24) is 51.7 Å². The van der Waals surface area contributed by atoms with Crippen LogP contribution in [-0.4, -0.2) is 182 Å². The number of fused-ring (bicyclic) bond motifs is 2. The number of ether oxygens (including phenoxy) is 2. The van der Waals surface area contributed by atoms with E-state index in [9.17, 15) is 37.5 Å². The third-order valence-corrected chi connectivity index (χ3v) is 23.4. The molecule has 2 saturated heterocycles. The molecule has 1 saturated carbocycles. The SMILES string of the molecule is CN[C@@H](C)C(=O)N[C@H](C(=O)N1C[C@H]2C/C=C/COc3ccc(cc3)C[C@@H](C(=O)NS(=O)(=O)C3CC3)NC(=O)[C@H](Cc3ccc4ccccc4c3)NC(=O)[C@@H]3C[C@H](C/C=C/COc4ccc(cc4)C[C@@H](C(=O)O)CC(=O)[C@H](Cc4ccc5ccccc5c4)NC(=O)[C@@H]1C2)CN3C(=O)[C@@H](NC(=O)[C@H](C)NC)C(C)(C)C)C(C)(C)C. The highest BCUT2D eigenvalue weighted by molar-refractivity contribution is 7.91. The molecule has 6 aliphatic heterocycles. The van der Waals surface area contributed by atoms with Crippen molar-refractivity contribution in [3.8, 4) is 11.5 Å². The van der Waals surface area contributed by atoms with Gasteiger partial charge in [0.2, 0.25) is 51.4 Å². The molecule has 26 heteroatoms. The van der Waals surface area contributed by atoms with Gasteiger partial charge in [-0.25, -0.2) is 8.42 Å². The van der Waals surface area contributed by atoms with E-state index in [0.29, 0.717) is 59.4 Å². The highest BCUT2D eigenvalue weighted by Crippen LogP contribution is 2.35. The summed E-state index contributed by atoms with van der Waals surface area (Å²) in [5.74, 6) is -7.72. The van der Waals surface area contributed by atoms with E-state index in [2.05, 4.69) is 41.9 Å². The quantitative estimate of drug-likeness (QED) is 0.0427. The number of rotatable bonds is 16. The van der Waals surface area contributed by atoms with Crippen LogP contribution in [0.1, 0.15) is 123 Å². The van der Waals surface area contributed by atoms with Crippen LogP contribution in [0.4, 0.5) is 0 Å². The number of allylic oxidation sites excluding steroid dienone is 2. The third kappa shape index (κ3) is 22.5. The van der Waals surface area contributed by atoms with Crippen LogP contribution in [-0.2, 0) is 83.7 Å². The number of hydrogen-bond acceptors (Lipinski definition) is 16. The smallest absolute Gasteiger partial charge is 0.307 e. The van der Waals surface area contributed by atoms with E-state index in [4.69, 9.17) is 9.47 Å². The standard InChI is InChI=1S/C86H108N10O15S/c1-52(87-9)76(98)92-74(85(3,4)5)82(104)95-50-58-19-15-18-40-111-66-35-29-55(30-36-66)44-70(79(101)94-112(108,109)67-37-38-67)90-78(100)69(46-57-26-32-61-22-12-14-24-63(61)43-57)91-81(103)72-48-59(51-96(72)83(105)75(86(6,7)8)93-77(99)53(2)88-10)20-16-17-39-110-65-33-27-54(28-34-65)41-64(84(106)107)49-73(97)68(89-80(102)71(95)47-58)45-56-25-31-60-21-11-13-23-62(60)42-56/h11-18,21-36,42-43,52-53,58-59,64,67-72,74-75,87-88H,19-20,37-41,44-51H2,1-10H3,(H,89,102)(H,90,100)(H,91,103)(H,92,98)(H,93,99)(H,94,101)(H,106,107)/b17-16+,18-15+/t52-,53-,58-,59-,64+,68-,69-,70-,71-,72-,74+,75+/m0/s1. The molecule has 0 radical (unpaired) electrons. The fourth-order valence-electron chi connectivity index (χ4n) is 14.5. The summed E-state index contributed by atoms with van der Waals surface area (Å²) >= 11 is 0. The van der Waals surface area contributed by atoms with Gasteiger partial charge in [-0.1, -0.05) is 175 Å². The number of sulfonamides is 1. The van der Waals surface area contributed by atoms with E-state index >= 15 is 24.0 Å². The summed E-state index contributed by atoms with van der Waals surface area (Å²) in [5, 5.41) is 34.1. The molecule has 0 aromatic heterocycles. The lowest BCUT2D eigenvalue weighted by atomic mass is 9.85. The lowest BCUT2D eigenvalue weighted by Gasteiger charge is -2.36. The van der Waals surface area contributed by atoms with Crippen molar-refractivity contribution in [2.75, 3.05) is 40.4 Å². The van der Waals surface area contributed by atoms with Gasteiger partial charge in [-0.3, -0.25) is 52.7 Å². The molecule has 0 unspecified atom stereocenters. The first-order chi connectivity index (χ1) is 53.2. The van der Waals surface area contributed by atoms with Crippen molar-refractivity contribution >= 4 is 90.6 Å². The second-order valence-corrected chi connectivity index (χ2v) is 34.4. The largest absolute Gasteiger partial charge is 0.490 e. The number of aliphatic carboxylic acids is 1. The average Bonchev–Trinajstić information content (AvgIpc) is 1.62. The van der Waals surface area contributed by atoms with E-state index in [1.807, 2.05) is 139 Å². The molecule has 8 amide bonds. The molecule has 9 N–H and O–H groups in total. The highest BCUT2D eigenvalue weighted by Gasteiger charge is 2.48. The molecule has 8 bridgehead atoms. The number of ketones is 1. The first kappa shape index (κ1) is 84.1. The van der Waals surface area contributed by atoms with E-state index < -0.39 is 152 Å². The van der Waals surface area contributed by atoms with Crippen molar-refractivity contribution in [3.05, 3.63) is 180 Å². The Bertz CT molecular complexity index is 4590. The first-order valence-electron chi connectivity index (χ1n) is 38.7. The molecule has 13 rings (SSSR count). The molecule has 12 atom stereocenters. The maximum atomic E-state index is 15.4. The van der Waals surface area contributed by atoms with Crippen LogP contribution in [0.5, 0.6) is 11.5 Å². The fourth-order valence-corrected chi connectivity index (χ4v) is 15.9. The number of benzene rings is 6. The number of likely N-dealkylation sites (tertiary alicyclic amines) is 2. The Balaban J connectivity index is 0.972. The number of carbonyl (C=O) groups excluding carboxylic acids is 9. The second kappa shape index (κ2) is 37.3. The van der Waals surface area contributed by atoms with Gasteiger partial charge in [0.15, 0.2) is 5.78 Å². The minimum absolute atomic E-state index is 0.00331. The zero-order valence-electron chi connectivity index (χ0n) is 65.6. The van der Waals surface area contributed by atoms with Crippen LogP contribution in [0.3, 0.4) is 0 Å². The van der Waals surface area contributed by atoms with E-state index in [0.717, 1.165) is 21.5 Å². The van der Waals surface area contributed by atoms with Gasteiger partial charge in [0.05, 0.1) is 29.3 Å². The molecule has 1 aliphatic carbocycles. The predicted octanol–water partition coefficient (Wildman–Crippen LogP) is 7.36. The Hall–Kier alpha value is -10.3. The number of nitrogens with one attached hydrogen (secondary N) is 8. The third-order valence-electron chi connectivity index (χ3n) is 21.6. The van der Waals surface area contributed by atoms with Gasteiger partial charge >= 0.3 is 5.97 Å². The molecule has 598 valence electrons. The predicted molar refractivity (Wildman–Crippen MR) is 428 cm³/mol. The zero-order valence-corrected chi connectivity index (χ0v) is 66.4. The number of amides is 8. The summed E-state index contributed by atoms with van der Waals surface area (Å²) in [6.45, 7) is 14.5. The maximum absolute atomic E-state index is 15.4. The summed E-state index contributed by atoms with van der Waals surface area (Å²) in [4.78, 5) is 149. The molecule has 6 heterocycles. The number of Topliss-reactive ketones (excluding diaryl/α,β-unsaturated/α-hetero) is 1. The van der Waals surface area contributed by atoms with Crippen LogP contribution in [0.25, 0.3) is 21.5 Å². The minimum Gasteiger partial charge on any atom is -0.490 e. The molecular formula is C86H108N10O15S. The molecule has 6 aromatic carbocycles. The highest BCUT2D eigenvalue weighted by atomic mass is 32.2. The second-order valence-electron chi connectivity index (χ2n) is 32.5. The van der Waals surface area contributed by atoms with Gasteiger partial charge in [0.1, 0.15) is 61.0 Å². The van der Waals surface area contributed by atoms with Gasteiger partial charge in [0.25, 0.3) is 5.91 Å². The topological polar surface area (TPSA) is 346 Å². The van der Waals surface area contributed by atoms with Crippen LogP contribution < -0.4 is 51.4 Å². The Morgan fingerprint density at radius 2 is 0.964 bits per heavy atom. The van der Waals surface area contributed by atoms with Crippen molar-refractivity contribution in [2.24, 2.45) is 28.6 Å². The van der Waals surface area contributed by atoms with Crippen molar-refractivity contribution in [2.45, 2.75) is 186 Å². The lowest BCUT2D eigenvalue weighted by Crippen LogP contribution is -2.61. The van der Waals surface area contributed by atoms with Crippen molar-refractivity contribution in [1.29, 1.82) is 0 Å². The van der Waals surface area contributed by atoms with Crippen LogP contribution in [0, 0.1) is 28.6 Å². The Morgan fingerprint density at radius 3 is 1.39 bits per heavy atom. The average molecular weight is 1550 g/mol. The van der Waals surface area contributed by atoms with Crippen molar-refractivity contribution < 1.29 is 70.9 Å². The van der Waals surface area contributed by atoms with Gasteiger partial charge in [-0.15, -0.1) is 0 Å². The number of carboxylic acids is 1. The van der Waals surface area contributed by atoms with Crippen molar-refractivity contribution in [3.63, 3.8) is 0 Å². The number of carboxylic acid groups (broad SMARTS) is 1. The molecule has 3 fully saturated rings. The molecule has 6 aromatic rings. The normalized spacial score (nSPS) is 23.3. The van der Waals surface area contributed by atoms with Gasteiger partial charge in [-0.05, 0) is 170 Å².